The van der Waals surface area contributed by atoms with E-state index in [0.717, 1.165) is 5.56 Å². The summed E-state index contributed by atoms with van der Waals surface area (Å²) in [5.41, 5.74) is 1.48. The normalized spacial score (nSPS) is 10.0. The summed E-state index contributed by atoms with van der Waals surface area (Å²) >= 11 is 0. The molecule has 0 aliphatic carbocycles. The van der Waals surface area contributed by atoms with Gasteiger partial charge < -0.3 is 5.32 Å². The fourth-order valence-corrected chi connectivity index (χ4v) is 1.76. The van der Waals surface area contributed by atoms with Gasteiger partial charge in [-0.05, 0) is 17.7 Å². The maximum absolute atomic E-state index is 11.7. The van der Waals surface area contributed by atoms with Crippen molar-refractivity contribution in [3.05, 3.63) is 47.5 Å². The number of hydrogen-bond acceptors (Lipinski definition) is 4. The molecular weight excluding hydrogens is 254 g/mol. The molecular formula is C14H15N5O. The number of nitriles is 1. The third-order valence-corrected chi connectivity index (χ3v) is 2.77. The molecule has 0 aliphatic rings. The zero-order chi connectivity index (χ0) is 14.4. The van der Waals surface area contributed by atoms with E-state index in [0.29, 0.717) is 30.8 Å². The Kier molecular flexibility index (Phi) is 4.45. The van der Waals surface area contributed by atoms with Crippen molar-refractivity contribution in [2.24, 2.45) is 7.05 Å². The Hall–Kier alpha value is -2.68. The van der Waals surface area contributed by atoms with E-state index in [9.17, 15) is 4.79 Å². The van der Waals surface area contributed by atoms with E-state index < -0.39 is 0 Å². The molecule has 0 atom stereocenters. The van der Waals surface area contributed by atoms with Gasteiger partial charge >= 0.3 is 0 Å². The lowest BCUT2D eigenvalue weighted by molar-refractivity contribution is -0.120. The lowest BCUT2D eigenvalue weighted by Gasteiger charge is -2.04. The Morgan fingerprint density at radius 3 is 2.75 bits per heavy atom. The fraction of sp³-hybridized carbons (Fsp3) is 0.286. The van der Waals surface area contributed by atoms with Crippen LogP contribution in [0.15, 0.2) is 30.6 Å². The van der Waals surface area contributed by atoms with E-state index in [1.165, 1.54) is 0 Å². The molecule has 1 aromatic heterocycles. The number of nitrogens with zero attached hydrogens (tertiary/aromatic N) is 4. The second-order valence-corrected chi connectivity index (χ2v) is 4.42. The molecule has 0 spiro atoms. The summed E-state index contributed by atoms with van der Waals surface area (Å²) in [6.07, 6.45) is 2.55. The van der Waals surface area contributed by atoms with Crippen LogP contribution in [0.4, 0.5) is 0 Å². The molecule has 102 valence electrons. The molecule has 1 amide bonds. The minimum absolute atomic E-state index is 0.0503. The molecule has 0 aliphatic heterocycles. The first-order valence-electron chi connectivity index (χ1n) is 6.27. The van der Waals surface area contributed by atoms with Crippen molar-refractivity contribution in [2.45, 2.75) is 12.8 Å². The summed E-state index contributed by atoms with van der Waals surface area (Å²) in [5, 5.41) is 15.7. The van der Waals surface area contributed by atoms with Crippen molar-refractivity contribution in [3.63, 3.8) is 0 Å². The molecule has 0 fully saturated rings. The summed E-state index contributed by atoms with van der Waals surface area (Å²) in [6, 6.07) is 9.04. The van der Waals surface area contributed by atoms with Crippen LogP contribution < -0.4 is 5.32 Å². The van der Waals surface area contributed by atoms with Gasteiger partial charge in [0.2, 0.25) is 5.91 Å². The van der Waals surface area contributed by atoms with Crippen molar-refractivity contribution >= 4 is 5.91 Å². The summed E-state index contributed by atoms with van der Waals surface area (Å²) in [5.74, 6) is 0.664. The average molecular weight is 269 g/mol. The van der Waals surface area contributed by atoms with Crippen LogP contribution in [0.5, 0.6) is 0 Å². The van der Waals surface area contributed by atoms with Gasteiger partial charge in [-0.1, -0.05) is 12.1 Å². The minimum atomic E-state index is -0.0503. The molecule has 6 heteroatoms. The molecule has 0 unspecified atom stereocenters. The van der Waals surface area contributed by atoms with Gasteiger partial charge in [0.1, 0.15) is 6.33 Å². The average Bonchev–Trinajstić information content (AvgIpc) is 2.85. The monoisotopic (exact) mass is 269 g/mol. The molecule has 20 heavy (non-hydrogen) atoms. The SMILES string of the molecule is Cn1cnc(CCNC(=O)Cc2ccc(C#N)cc2)n1. The zero-order valence-corrected chi connectivity index (χ0v) is 11.2. The van der Waals surface area contributed by atoms with E-state index in [1.54, 1.807) is 42.3 Å². The summed E-state index contributed by atoms with van der Waals surface area (Å²) in [4.78, 5) is 15.8. The number of nitrogens with one attached hydrogen (secondary N) is 1. The second kappa shape index (κ2) is 6.48. The molecule has 0 saturated heterocycles. The fourth-order valence-electron chi connectivity index (χ4n) is 1.76. The first kappa shape index (κ1) is 13.7. The molecule has 2 rings (SSSR count). The van der Waals surface area contributed by atoms with Crippen LogP contribution in [0.1, 0.15) is 17.0 Å². The van der Waals surface area contributed by atoms with Crippen molar-refractivity contribution < 1.29 is 4.79 Å². The van der Waals surface area contributed by atoms with Crippen molar-refractivity contribution in [1.82, 2.24) is 20.1 Å². The van der Waals surface area contributed by atoms with Crippen LogP contribution in [0.25, 0.3) is 0 Å². The third-order valence-electron chi connectivity index (χ3n) is 2.77. The largest absolute Gasteiger partial charge is 0.355 e. The number of carbonyl (C=O) groups excluding carboxylic acids is 1. The quantitative estimate of drug-likeness (QED) is 0.861. The Morgan fingerprint density at radius 2 is 2.15 bits per heavy atom. The number of carbonyl (C=O) groups is 1. The molecule has 0 radical (unpaired) electrons. The van der Waals surface area contributed by atoms with Gasteiger partial charge in [0.15, 0.2) is 5.82 Å². The van der Waals surface area contributed by atoms with Crippen molar-refractivity contribution in [2.75, 3.05) is 6.54 Å². The number of aryl methyl sites for hydroxylation is 1. The summed E-state index contributed by atoms with van der Waals surface area (Å²) in [7, 11) is 1.81. The van der Waals surface area contributed by atoms with Crippen molar-refractivity contribution in [1.29, 1.82) is 5.26 Å². The number of benzene rings is 1. The molecule has 1 heterocycles. The molecule has 0 bridgehead atoms. The van der Waals surface area contributed by atoms with Gasteiger partial charge in [-0.3, -0.25) is 9.48 Å². The molecule has 6 nitrogen and oxygen atoms in total. The smallest absolute Gasteiger partial charge is 0.224 e. The number of hydrogen-bond donors (Lipinski definition) is 1. The lowest BCUT2D eigenvalue weighted by Crippen LogP contribution is -2.27. The highest BCUT2D eigenvalue weighted by Crippen LogP contribution is 2.04. The van der Waals surface area contributed by atoms with Gasteiger partial charge in [-0.2, -0.15) is 10.4 Å². The highest BCUT2D eigenvalue weighted by atomic mass is 16.1. The number of rotatable bonds is 5. The topological polar surface area (TPSA) is 83.6 Å². The van der Waals surface area contributed by atoms with Gasteiger partial charge in [0.05, 0.1) is 18.1 Å². The van der Waals surface area contributed by atoms with Crippen LogP contribution in [0.3, 0.4) is 0 Å². The molecule has 2 aromatic rings. The zero-order valence-electron chi connectivity index (χ0n) is 11.2. The Labute approximate surface area is 117 Å². The minimum Gasteiger partial charge on any atom is -0.355 e. The predicted molar refractivity (Wildman–Crippen MR) is 72.6 cm³/mol. The van der Waals surface area contributed by atoms with E-state index in [1.807, 2.05) is 6.07 Å². The number of aromatic nitrogens is 3. The highest BCUT2D eigenvalue weighted by Gasteiger charge is 2.04. The summed E-state index contributed by atoms with van der Waals surface area (Å²) < 4.78 is 1.63. The molecule has 1 aromatic carbocycles. The standard InChI is InChI=1S/C14H15N5O/c1-19-10-17-13(18-19)6-7-16-14(20)8-11-2-4-12(9-15)5-3-11/h2-5,10H,6-8H2,1H3,(H,16,20). The first-order chi connectivity index (χ1) is 9.67. The van der Waals surface area contributed by atoms with Crippen LogP contribution in [-0.2, 0) is 24.7 Å². The summed E-state index contributed by atoms with van der Waals surface area (Å²) in [6.45, 7) is 0.513. The molecule has 1 N–H and O–H groups in total. The van der Waals surface area contributed by atoms with Gasteiger partial charge in [-0.15, -0.1) is 0 Å². The number of amides is 1. The van der Waals surface area contributed by atoms with E-state index in [4.69, 9.17) is 5.26 Å². The van der Waals surface area contributed by atoms with E-state index >= 15 is 0 Å². The highest BCUT2D eigenvalue weighted by molar-refractivity contribution is 5.78. The van der Waals surface area contributed by atoms with Crippen molar-refractivity contribution in [3.8, 4) is 6.07 Å². The van der Waals surface area contributed by atoms with E-state index in [-0.39, 0.29) is 5.91 Å². The second-order valence-electron chi connectivity index (χ2n) is 4.42. The maximum Gasteiger partial charge on any atom is 0.224 e. The van der Waals surface area contributed by atoms with Crippen LogP contribution in [0.2, 0.25) is 0 Å². The first-order valence-corrected chi connectivity index (χ1v) is 6.27. The predicted octanol–water partition coefficient (Wildman–Crippen LogP) is 0.588. The van der Waals surface area contributed by atoms with Gasteiger partial charge in [0.25, 0.3) is 0 Å². The lowest BCUT2D eigenvalue weighted by atomic mass is 10.1. The maximum atomic E-state index is 11.7. The third kappa shape index (κ3) is 3.92. The van der Waals surface area contributed by atoms with Gasteiger partial charge in [-0.25, -0.2) is 4.98 Å². The van der Waals surface area contributed by atoms with Crippen LogP contribution in [-0.4, -0.2) is 27.2 Å². The van der Waals surface area contributed by atoms with Crippen LogP contribution >= 0.6 is 0 Å². The van der Waals surface area contributed by atoms with Gasteiger partial charge in [0, 0.05) is 20.0 Å². The van der Waals surface area contributed by atoms with Crippen LogP contribution in [0, 0.1) is 11.3 Å². The Morgan fingerprint density at radius 1 is 1.40 bits per heavy atom. The Balaban J connectivity index is 1.76. The Bertz CT molecular complexity index is 624. The molecule has 0 saturated carbocycles. The van der Waals surface area contributed by atoms with E-state index in [2.05, 4.69) is 15.4 Å².